The second-order valence-electron chi connectivity index (χ2n) is 14.0. The van der Waals surface area contributed by atoms with Crippen molar-refractivity contribution >= 4 is 30.2 Å². The van der Waals surface area contributed by atoms with E-state index in [0.717, 1.165) is 24.0 Å². The van der Waals surface area contributed by atoms with Crippen molar-refractivity contribution in [2.75, 3.05) is 0 Å². The molecule has 3 aromatic carbocycles. The normalized spacial score (nSPS) is 18.4. The SMILES string of the molecule is Cc1cc(C(C)(C)C)c2op(O[C@@H]3CCCC[C@H]3c3ccccc3)oc3c(C(C)(C)C)cc(C)c(C)c3c2c1C. The summed E-state index contributed by atoms with van der Waals surface area (Å²) in [5, 5.41) is 2.34. The summed E-state index contributed by atoms with van der Waals surface area (Å²) in [5.41, 5.74) is 10.5. The topological polar surface area (TPSA) is 35.5 Å². The first-order valence-corrected chi connectivity index (χ1v) is 16.0. The Hall–Kier alpha value is -2.48. The fourth-order valence-corrected chi connectivity index (χ4v) is 7.59. The molecule has 0 N–H and O–H groups in total. The molecule has 0 bridgehead atoms. The zero-order chi connectivity index (χ0) is 29.0. The van der Waals surface area contributed by atoms with Gasteiger partial charge in [0.15, 0.2) is 0 Å². The molecule has 0 radical (unpaired) electrons. The lowest BCUT2D eigenvalue weighted by Crippen LogP contribution is -2.27. The van der Waals surface area contributed by atoms with Gasteiger partial charge in [-0.3, -0.25) is 4.52 Å². The first-order chi connectivity index (χ1) is 18.8. The van der Waals surface area contributed by atoms with E-state index in [1.165, 1.54) is 62.6 Å². The fraction of sp³-hybridized carbons (Fsp3) is 0.500. The zero-order valence-corrected chi connectivity index (χ0v) is 27.1. The van der Waals surface area contributed by atoms with Crippen molar-refractivity contribution in [2.24, 2.45) is 0 Å². The van der Waals surface area contributed by atoms with Gasteiger partial charge in [-0.25, -0.2) is 0 Å². The minimum Gasteiger partial charge on any atom is -0.399 e. The van der Waals surface area contributed by atoms with Gasteiger partial charge < -0.3 is 8.39 Å². The molecule has 2 atom stereocenters. The molecule has 5 rings (SSSR count). The highest BCUT2D eigenvalue weighted by Gasteiger charge is 2.31. The van der Waals surface area contributed by atoms with Gasteiger partial charge in [-0.2, -0.15) is 0 Å². The lowest BCUT2D eigenvalue weighted by atomic mass is 9.81. The first-order valence-electron chi connectivity index (χ1n) is 14.9. The average molecular weight is 559 g/mol. The summed E-state index contributed by atoms with van der Waals surface area (Å²) in [6.07, 6.45) is 4.60. The molecule has 0 spiro atoms. The van der Waals surface area contributed by atoms with Crippen molar-refractivity contribution < 1.29 is 12.9 Å². The molecule has 0 aliphatic heterocycles. The largest absolute Gasteiger partial charge is 0.399 e. The number of hydrogen-bond donors (Lipinski definition) is 0. The summed E-state index contributed by atoms with van der Waals surface area (Å²) < 4.78 is 21.0. The maximum atomic E-state index is 7.00. The van der Waals surface area contributed by atoms with E-state index in [4.69, 9.17) is 12.9 Å². The van der Waals surface area contributed by atoms with E-state index in [9.17, 15) is 0 Å². The Labute approximate surface area is 241 Å². The van der Waals surface area contributed by atoms with E-state index in [-0.39, 0.29) is 16.9 Å². The van der Waals surface area contributed by atoms with Crippen molar-refractivity contribution in [3.8, 4) is 0 Å². The van der Waals surface area contributed by atoms with Crippen LogP contribution in [0.1, 0.15) is 112 Å². The maximum Gasteiger partial charge on any atom is 0.387 e. The summed E-state index contributed by atoms with van der Waals surface area (Å²) in [4.78, 5) is 0. The summed E-state index contributed by atoms with van der Waals surface area (Å²) in [6.45, 7) is 22.5. The number of aryl methyl sites for hydroxylation is 4. The van der Waals surface area contributed by atoms with Crippen LogP contribution in [0.5, 0.6) is 0 Å². The molecule has 1 fully saturated rings. The van der Waals surface area contributed by atoms with Crippen molar-refractivity contribution in [1.29, 1.82) is 0 Å². The number of rotatable bonds is 3. The third-order valence-corrected chi connectivity index (χ3v) is 10.1. The summed E-state index contributed by atoms with van der Waals surface area (Å²) >= 11 is 0. The summed E-state index contributed by atoms with van der Waals surface area (Å²) in [6, 6.07) is 15.5. The van der Waals surface area contributed by atoms with Gasteiger partial charge in [0, 0.05) is 27.8 Å². The fourth-order valence-electron chi connectivity index (χ4n) is 6.32. The average Bonchev–Trinajstić information content (AvgIpc) is 3.05. The third-order valence-electron chi connectivity index (χ3n) is 8.95. The van der Waals surface area contributed by atoms with E-state index >= 15 is 0 Å². The van der Waals surface area contributed by atoms with Crippen LogP contribution in [0.4, 0.5) is 0 Å². The second kappa shape index (κ2) is 10.7. The molecule has 1 aromatic heterocycles. The first kappa shape index (κ1) is 29.0. The minimum atomic E-state index is -1.68. The van der Waals surface area contributed by atoms with E-state index in [2.05, 4.69) is 112 Å². The molecule has 4 heteroatoms. The molecular weight excluding hydrogens is 511 g/mol. The van der Waals surface area contributed by atoms with E-state index < -0.39 is 8.24 Å². The quantitative estimate of drug-likeness (QED) is 0.251. The lowest BCUT2D eigenvalue weighted by molar-refractivity contribution is 0.172. The van der Waals surface area contributed by atoms with Crippen molar-refractivity contribution in [1.82, 2.24) is 0 Å². The Bertz CT molecular complexity index is 1490. The number of benzene rings is 3. The Morgan fingerprint density at radius 2 is 1.18 bits per heavy atom. The van der Waals surface area contributed by atoms with Gasteiger partial charge in [0.25, 0.3) is 0 Å². The summed E-state index contributed by atoms with van der Waals surface area (Å²) in [5.74, 6) is 0.343. The van der Waals surface area contributed by atoms with Gasteiger partial charge in [0.05, 0.1) is 6.10 Å². The number of fused-ring (bicyclic) bond motifs is 3. The molecule has 4 aromatic rings. The molecule has 214 valence electrons. The Kier molecular flexibility index (Phi) is 7.79. The predicted molar refractivity (Wildman–Crippen MR) is 171 cm³/mol. The monoisotopic (exact) mass is 558 g/mol. The zero-order valence-electron chi connectivity index (χ0n) is 26.2. The van der Waals surface area contributed by atoms with Gasteiger partial charge >= 0.3 is 8.24 Å². The minimum absolute atomic E-state index is 0.0570. The summed E-state index contributed by atoms with van der Waals surface area (Å²) in [7, 11) is -1.68. The van der Waals surface area contributed by atoms with Crippen LogP contribution in [0.25, 0.3) is 21.9 Å². The van der Waals surface area contributed by atoms with Gasteiger partial charge in [0.1, 0.15) is 11.2 Å². The molecule has 0 amide bonds. The van der Waals surface area contributed by atoms with Gasteiger partial charge in [-0.1, -0.05) is 96.8 Å². The molecule has 1 aliphatic carbocycles. The highest BCUT2D eigenvalue weighted by Crippen LogP contribution is 2.47. The van der Waals surface area contributed by atoms with Crippen molar-refractivity contribution in [3.63, 3.8) is 0 Å². The molecule has 0 unspecified atom stereocenters. The van der Waals surface area contributed by atoms with Crippen LogP contribution < -0.4 is 4.52 Å². The van der Waals surface area contributed by atoms with E-state index in [1.54, 1.807) is 0 Å². The van der Waals surface area contributed by atoms with Crippen LogP contribution >= 0.6 is 8.24 Å². The van der Waals surface area contributed by atoms with Crippen LogP contribution in [-0.4, -0.2) is 6.10 Å². The molecule has 1 saturated carbocycles. The van der Waals surface area contributed by atoms with Crippen LogP contribution in [0.15, 0.2) is 50.9 Å². The van der Waals surface area contributed by atoms with Crippen LogP contribution in [0, 0.1) is 27.7 Å². The maximum absolute atomic E-state index is 7.00. The molecule has 1 aliphatic rings. The second-order valence-corrected chi connectivity index (χ2v) is 15.0. The molecule has 3 nitrogen and oxygen atoms in total. The van der Waals surface area contributed by atoms with E-state index in [0.29, 0.717) is 5.92 Å². The highest BCUT2D eigenvalue weighted by atomic mass is 31.1. The van der Waals surface area contributed by atoms with Crippen molar-refractivity contribution in [3.05, 3.63) is 81.4 Å². The predicted octanol–water partition coefficient (Wildman–Crippen LogP) is 11.3. The third kappa shape index (κ3) is 5.40. The Morgan fingerprint density at radius 3 is 1.65 bits per heavy atom. The van der Waals surface area contributed by atoms with Crippen LogP contribution in [-0.2, 0) is 10.8 Å². The van der Waals surface area contributed by atoms with Crippen LogP contribution in [0.2, 0.25) is 0 Å². The highest BCUT2D eigenvalue weighted by molar-refractivity contribution is 7.31. The van der Waals surface area contributed by atoms with Gasteiger partial charge in [-0.05, 0) is 79.2 Å². The molecule has 40 heavy (non-hydrogen) atoms. The molecule has 0 saturated heterocycles. The lowest BCUT2D eigenvalue weighted by Gasteiger charge is -2.30. The standard InChI is InChI=1S/C36H47O3P/c1-22-20-28(35(5,6)7)33-31(24(22)3)32-25(4)23(2)21-29(36(8,9)10)34(32)39-40(38-33)37-30-19-15-14-18-27(30)26-16-12-11-13-17-26/h11-13,16-17,20-21,27,30H,14-15,18-19H2,1-10H3/t27-,30+/m0/s1. The molecular formula is C36H47O3P. The van der Waals surface area contributed by atoms with E-state index in [1.807, 2.05) is 0 Å². The van der Waals surface area contributed by atoms with Gasteiger partial charge in [-0.15, -0.1) is 0 Å². The molecule has 1 heterocycles. The Morgan fingerprint density at radius 1 is 0.700 bits per heavy atom. The van der Waals surface area contributed by atoms with Crippen LogP contribution in [0.3, 0.4) is 0 Å². The van der Waals surface area contributed by atoms with Gasteiger partial charge in [0.2, 0.25) is 0 Å². The Balaban J connectivity index is 1.88. The van der Waals surface area contributed by atoms with Crippen molar-refractivity contribution in [2.45, 2.75) is 118 Å². The number of hydrogen-bond acceptors (Lipinski definition) is 3. The smallest absolute Gasteiger partial charge is 0.387 e.